The number of anilines is 1. The highest BCUT2D eigenvalue weighted by molar-refractivity contribution is 7.89. The molecule has 8 heteroatoms. The number of hydrogen-bond donors (Lipinski definition) is 0. The SMILES string of the molecule is CCS(=O)(=O)N1CCN(c2nc(-c3ccccc3)nc(COC)c2Cc2ccc(C)cc2)CC1. The van der Waals surface area contributed by atoms with E-state index in [2.05, 4.69) is 36.1 Å². The third-order valence-electron chi connectivity index (χ3n) is 6.18. The predicted molar refractivity (Wildman–Crippen MR) is 135 cm³/mol. The summed E-state index contributed by atoms with van der Waals surface area (Å²) >= 11 is 0. The van der Waals surface area contributed by atoms with Gasteiger partial charge in [-0.3, -0.25) is 0 Å². The molecular weight excluding hydrogens is 448 g/mol. The topological polar surface area (TPSA) is 75.6 Å². The van der Waals surface area contributed by atoms with Gasteiger partial charge in [-0.15, -0.1) is 0 Å². The Labute approximate surface area is 202 Å². The lowest BCUT2D eigenvalue weighted by atomic mass is 10.0. The summed E-state index contributed by atoms with van der Waals surface area (Å²) in [6, 6.07) is 18.4. The third kappa shape index (κ3) is 5.46. The number of nitrogens with zero attached hydrogens (tertiary/aromatic N) is 4. The molecule has 1 fully saturated rings. The number of aromatic nitrogens is 2. The van der Waals surface area contributed by atoms with Crippen molar-refractivity contribution in [3.63, 3.8) is 0 Å². The van der Waals surface area contributed by atoms with E-state index >= 15 is 0 Å². The van der Waals surface area contributed by atoms with E-state index in [1.165, 1.54) is 11.1 Å². The number of piperazine rings is 1. The van der Waals surface area contributed by atoms with Crippen LogP contribution in [0.15, 0.2) is 54.6 Å². The van der Waals surface area contributed by atoms with Gasteiger partial charge in [-0.25, -0.2) is 18.4 Å². The van der Waals surface area contributed by atoms with Gasteiger partial charge in [0.15, 0.2) is 5.82 Å². The molecule has 1 aliphatic rings. The van der Waals surface area contributed by atoms with Gasteiger partial charge >= 0.3 is 0 Å². The van der Waals surface area contributed by atoms with Crippen LogP contribution in [-0.4, -0.2) is 61.7 Å². The van der Waals surface area contributed by atoms with Gasteiger partial charge in [-0.2, -0.15) is 4.31 Å². The maximum Gasteiger partial charge on any atom is 0.213 e. The van der Waals surface area contributed by atoms with Gasteiger partial charge < -0.3 is 9.64 Å². The summed E-state index contributed by atoms with van der Waals surface area (Å²) in [7, 11) is -1.53. The van der Waals surface area contributed by atoms with Gasteiger partial charge in [0.25, 0.3) is 0 Å². The number of hydrogen-bond acceptors (Lipinski definition) is 6. The number of methoxy groups -OCH3 is 1. The van der Waals surface area contributed by atoms with Crippen molar-refractivity contribution in [1.29, 1.82) is 0 Å². The molecule has 0 saturated carbocycles. The molecule has 4 rings (SSSR count). The van der Waals surface area contributed by atoms with Crippen molar-refractivity contribution >= 4 is 15.8 Å². The van der Waals surface area contributed by atoms with Crippen LogP contribution in [0.4, 0.5) is 5.82 Å². The van der Waals surface area contributed by atoms with Crippen molar-refractivity contribution < 1.29 is 13.2 Å². The molecule has 0 spiro atoms. The van der Waals surface area contributed by atoms with Crippen LogP contribution in [0.3, 0.4) is 0 Å². The van der Waals surface area contributed by atoms with Crippen molar-refractivity contribution in [1.82, 2.24) is 14.3 Å². The van der Waals surface area contributed by atoms with Crippen LogP contribution in [0, 0.1) is 6.92 Å². The average Bonchev–Trinajstić information content (AvgIpc) is 2.87. The highest BCUT2D eigenvalue weighted by Gasteiger charge is 2.28. The van der Waals surface area contributed by atoms with Crippen LogP contribution in [0.25, 0.3) is 11.4 Å². The van der Waals surface area contributed by atoms with E-state index < -0.39 is 10.0 Å². The van der Waals surface area contributed by atoms with Crippen LogP contribution >= 0.6 is 0 Å². The average molecular weight is 481 g/mol. The molecule has 1 saturated heterocycles. The predicted octanol–water partition coefficient (Wildman–Crippen LogP) is 3.66. The minimum Gasteiger partial charge on any atom is -0.378 e. The fourth-order valence-electron chi connectivity index (χ4n) is 4.20. The normalized spacial score (nSPS) is 15.0. The van der Waals surface area contributed by atoms with E-state index in [9.17, 15) is 8.42 Å². The third-order valence-corrected chi connectivity index (χ3v) is 8.06. The lowest BCUT2D eigenvalue weighted by molar-refractivity contribution is 0.180. The Morgan fingerprint density at radius 1 is 0.941 bits per heavy atom. The van der Waals surface area contributed by atoms with Crippen LogP contribution in [0.5, 0.6) is 0 Å². The van der Waals surface area contributed by atoms with Gasteiger partial charge in [0.1, 0.15) is 5.82 Å². The fraction of sp³-hybridized carbons (Fsp3) is 0.385. The molecule has 0 amide bonds. The Kier molecular flexibility index (Phi) is 7.60. The molecular formula is C26H32N4O3S. The zero-order chi connectivity index (χ0) is 24.1. The smallest absolute Gasteiger partial charge is 0.213 e. The quantitative estimate of drug-likeness (QED) is 0.490. The fourth-order valence-corrected chi connectivity index (χ4v) is 5.29. The molecule has 2 aromatic carbocycles. The van der Waals surface area contributed by atoms with Gasteiger partial charge in [0, 0.05) is 50.8 Å². The first-order chi connectivity index (χ1) is 16.4. The lowest BCUT2D eigenvalue weighted by Gasteiger charge is -2.36. The van der Waals surface area contributed by atoms with Crippen molar-refractivity contribution in [2.45, 2.75) is 26.9 Å². The maximum absolute atomic E-state index is 12.4. The first-order valence-corrected chi connectivity index (χ1v) is 13.2. The standard InChI is InChI=1S/C26H32N4O3S/c1-4-34(31,32)30-16-14-29(15-17-30)26-23(18-21-12-10-20(2)11-13-21)24(19-33-3)27-25(28-26)22-8-6-5-7-9-22/h5-13H,4,14-19H2,1-3H3. The molecule has 0 bridgehead atoms. The Morgan fingerprint density at radius 3 is 2.24 bits per heavy atom. The molecule has 0 N–H and O–H groups in total. The summed E-state index contributed by atoms with van der Waals surface area (Å²) in [4.78, 5) is 12.1. The van der Waals surface area contributed by atoms with Gasteiger partial charge in [0.05, 0.1) is 18.1 Å². The summed E-state index contributed by atoms with van der Waals surface area (Å²) in [5.41, 5.74) is 5.21. The molecule has 180 valence electrons. The monoisotopic (exact) mass is 480 g/mol. The van der Waals surface area contributed by atoms with Crippen LogP contribution < -0.4 is 4.90 Å². The van der Waals surface area contributed by atoms with E-state index in [1.54, 1.807) is 18.3 Å². The summed E-state index contributed by atoms with van der Waals surface area (Å²) in [5, 5.41) is 0. The number of sulfonamides is 1. The molecule has 0 atom stereocenters. The second-order valence-electron chi connectivity index (χ2n) is 8.54. The first-order valence-electron chi connectivity index (χ1n) is 11.6. The number of aryl methyl sites for hydroxylation is 1. The molecule has 0 unspecified atom stereocenters. The minimum atomic E-state index is -3.20. The second-order valence-corrected chi connectivity index (χ2v) is 10.8. The number of benzene rings is 2. The Balaban J connectivity index is 1.76. The molecule has 34 heavy (non-hydrogen) atoms. The first kappa shape index (κ1) is 24.3. The summed E-state index contributed by atoms with van der Waals surface area (Å²) < 4.78 is 31.9. The molecule has 3 aromatic rings. The van der Waals surface area contributed by atoms with Gasteiger partial charge in [-0.05, 0) is 19.4 Å². The number of rotatable bonds is 8. The maximum atomic E-state index is 12.4. The van der Waals surface area contributed by atoms with Crippen molar-refractivity contribution in [2.75, 3.05) is 43.9 Å². The zero-order valence-electron chi connectivity index (χ0n) is 20.1. The summed E-state index contributed by atoms with van der Waals surface area (Å²) in [6.45, 7) is 6.20. The summed E-state index contributed by atoms with van der Waals surface area (Å²) in [6.07, 6.45) is 0.677. The van der Waals surface area contributed by atoms with Crippen molar-refractivity contribution in [3.05, 3.63) is 77.0 Å². The van der Waals surface area contributed by atoms with Crippen molar-refractivity contribution in [2.24, 2.45) is 0 Å². The Hall–Kier alpha value is -2.81. The zero-order valence-corrected chi connectivity index (χ0v) is 20.9. The van der Waals surface area contributed by atoms with Crippen LogP contribution in [0.2, 0.25) is 0 Å². The Morgan fingerprint density at radius 2 is 1.62 bits per heavy atom. The van der Waals surface area contributed by atoms with Crippen molar-refractivity contribution in [3.8, 4) is 11.4 Å². The second kappa shape index (κ2) is 10.6. The molecule has 1 aromatic heterocycles. The van der Waals surface area contributed by atoms with Crippen LogP contribution in [0.1, 0.15) is 29.3 Å². The van der Waals surface area contributed by atoms with E-state index in [-0.39, 0.29) is 5.75 Å². The van der Waals surface area contributed by atoms with E-state index in [4.69, 9.17) is 14.7 Å². The highest BCUT2D eigenvalue weighted by atomic mass is 32.2. The van der Waals surface area contributed by atoms with Gasteiger partial charge in [-0.1, -0.05) is 60.2 Å². The molecule has 2 heterocycles. The number of ether oxygens (including phenoxy) is 1. The lowest BCUT2D eigenvalue weighted by Crippen LogP contribution is -2.49. The van der Waals surface area contributed by atoms with Crippen LogP contribution in [-0.2, 0) is 27.8 Å². The van der Waals surface area contributed by atoms with Gasteiger partial charge in [0.2, 0.25) is 10.0 Å². The molecule has 0 radical (unpaired) electrons. The Bertz CT molecular complexity index is 1210. The van der Waals surface area contributed by atoms with E-state index in [0.29, 0.717) is 45.0 Å². The molecule has 0 aliphatic carbocycles. The minimum absolute atomic E-state index is 0.120. The molecule has 7 nitrogen and oxygen atoms in total. The summed E-state index contributed by atoms with van der Waals surface area (Å²) in [5.74, 6) is 1.63. The largest absolute Gasteiger partial charge is 0.378 e. The highest BCUT2D eigenvalue weighted by Crippen LogP contribution is 2.29. The molecule has 1 aliphatic heterocycles. The van der Waals surface area contributed by atoms with E-state index in [1.807, 2.05) is 30.3 Å². The van der Waals surface area contributed by atoms with E-state index in [0.717, 1.165) is 22.6 Å².